The third-order valence-electron chi connectivity index (χ3n) is 1.65. The molecule has 1 amide bonds. The molecule has 1 aromatic heterocycles. The Morgan fingerprint density at radius 3 is 2.93 bits per heavy atom. The molecule has 14 heavy (non-hydrogen) atoms. The van der Waals surface area contributed by atoms with Crippen molar-refractivity contribution in [3.63, 3.8) is 0 Å². The lowest BCUT2D eigenvalue weighted by Gasteiger charge is -2.01. The summed E-state index contributed by atoms with van der Waals surface area (Å²) >= 11 is 0. The van der Waals surface area contributed by atoms with E-state index >= 15 is 0 Å². The molecule has 1 heterocycles. The fourth-order valence-corrected chi connectivity index (χ4v) is 1.04. The zero-order valence-corrected chi connectivity index (χ0v) is 8.04. The largest absolute Gasteiger partial charge is 0.355 e. The van der Waals surface area contributed by atoms with Crippen molar-refractivity contribution in [2.75, 3.05) is 6.54 Å². The molecule has 5 nitrogen and oxygen atoms in total. The summed E-state index contributed by atoms with van der Waals surface area (Å²) in [6.45, 7) is 1.89. The third-order valence-corrected chi connectivity index (χ3v) is 1.65. The molecule has 0 aromatic carbocycles. The van der Waals surface area contributed by atoms with Gasteiger partial charge in [-0.1, -0.05) is 0 Å². The molecule has 0 bridgehead atoms. The van der Waals surface area contributed by atoms with Gasteiger partial charge in [0, 0.05) is 25.4 Å². The molecule has 0 aliphatic carbocycles. The molecule has 76 valence electrons. The summed E-state index contributed by atoms with van der Waals surface area (Å²) in [4.78, 5) is 28.5. The quantitative estimate of drug-likeness (QED) is 0.652. The Morgan fingerprint density at radius 2 is 2.36 bits per heavy atom. The van der Waals surface area contributed by atoms with Gasteiger partial charge in [-0.05, 0) is 6.92 Å². The summed E-state index contributed by atoms with van der Waals surface area (Å²) in [6.07, 6.45) is 3.99. The third kappa shape index (κ3) is 3.84. The number of carbonyl (C=O) groups excluding carboxylic acids is 2. The number of rotatable bonds is 5. The highest BCUT2D eigenvalue weighted by atomic mass is 16.2. The number of carbonyl (C=O) groups is 2. The van der Waals surface area contributed by atoms with Gasteiger partial charge in [-0.25, -0.2) is 4.98 Å². The fourth-order valence-electron chi connectivity index (χ4n) is 1.04. The van der Waals surface area contributed by atoms with Crippen molar-refractivity contribution in [3.05, 3.63) is 18.2 Å². The molecule has 1 rings (SSSR count). The maximum Gasteiger partial charge on any atom is 0.227 e. The van der Waals surface area contributed by atoms with E-state index in [0.717, 1.165) is 5.82 Å². The second kappa shape index (κ2) is 5.16. The number of imidazole rings is 1. The Kier molecular flexibility index (Phi) is 3.84. The Hall–Kier alpha value is -1.65. The minimum absolute atomic E-state index is 0.0435. The number of nitrogens with zero attached hydrogens (tertiary/aromatic N) is 1. The minimum Gasteiger partial charge on any atom is -0.355 e. The molecule has 0 spiro atoms. The van der Waals surface area contributed by atoms with Gasteiger partial charge in [-0.15, -0.1) is 0 Å². The van der Waals surface area contributed by atoms with Gasteiger partial charge in [0.15, 0.2) is 0 Å². The maximum absolute atomic E-state index is 11.0. The molecule has 0 radical (unpaired) electrons. The Labute approximate surface area is 81.9 Å². The second-order valence-corrected chi connectivity index (χ2v) is 3.01. The summed E-state index contributed by atoms with van der Waals surface area (Å²) in [5, 5.41) is 2.63. The summed E-state index contributed by atoms with van der Waals surface area (Å²) in [5.41, 5.74) is 0. The van der Waals surface area contributed by atoms with Crippen LogP contribution in [-0.2, 0) is 16.0 Å². The van der Waals surface area contributed by atoms with Crippen LogP contribution in [0.15, 0.2) is 12.4 Å². The van der Waals surface area contributed by atoms with Gasteiger partial charge >= 0.3 is 0 Å². The average molecular weight is 195 g/mol. The van der Waals surface area contributed by atoms with Gasteiger partial charge in [-0.2, -0.15) is 0 Å². The lowest BCUT2D eigenvalue weighted by molar-refractivity contribution is -0.127. The lowest BCUT2D eigenvalue weighted by atomic mass is 10.3. The second-order valence-electron chi connectivity index (χ2n) is 3.01. The van der Waals surface area contributed by atoms with Crippen molar-refractivity contribution < 1.29 is 9.59 Å². The number of nitrogens with one attached hydrogen (secondary N) is 2. The summed E-state index contributed by atoms with van der Waals surface area (Å²) < 4.78 is 0. The normalized spacial score (nSPS) is 9.79. The predicted octanol–water partition coefficient (Wildman–Crippen LogP) is 0.0475. The van der Waals surface area contributed by atoms with Crippen molar-refractivity contribution in [1.29, 1.82) is 0 Å². The minimum atomic E-state index is -0.232. The van der Waals surface area contributed by atoms with Crippen LogP contribution < -0.4 is 5.32 Å². The van der Waals surface area contributed by atoms with Gasteiger partial charge in [-0.3, -0.25) is 9.59 Å². The highest BCUT2D eigenvalue weighted by Gasteiger charge is 2.03. The van der Waals surface area contributed by atoms with E-state index in [2.05, 4.69) is 15.3 Å². The molecule has 2 N–H and O–H groups in total. The molecule has 5 heteroatoms. The number of Topliss-reactive ketones (excluding diaryl/α,β-unsaturated/α-hetero) is 1. The van der Waals surface area contributed by atoms with E-state index in [1.54, 1.807) is 12.4 Å². The van der Waals surface area contributed by atoms with Gasteiger partial charge in [0.1, 0.15) is 11.6 Å². The average Bonchev–Trinajstić information content (AvgIpc) is 2.55. The standard InChI is InChI=1S/C9H13N3O2/c1-7(13)6-9(14)12-3-2-8-10-4-5-11-8/h4-5H,2-3,6H2,1H3,(H,10,11)(H,12,14). The van der Waals surface area contributed by atoms with Crippen molar-refractivity contribution in [2.24, 2.45) is 0 Å². The fraction of sp³-hybridized carbons (Fsp3) is 0.444. The van der Waals surface area contributed by atoms with Crippen LogP contribution in [0.3, 0.4) is 0 Å². The summed E-state index contributed by atoms with van der Waals surface area (Å²) in [5.74, 6) is 0.470. The van der Waals surface area contributed by atoms with Crippen LogP contribution in [-0.4, -0.2) is 28.2 Å². The first-order valence-electron chi connectivity index (χ1n) is 4.43. The first-order chi connectivity index (χ1) is 6.68. The first kappa shape index (κ1) is 10.4. The van der Waals surface area contributed by atoms with E-state index in [-0.39, 0.29) is 18.1 Å². The topological polar surface area (TPSA) is 74.8 Å². The molecular formula is C9H13N3O2. The van der Waals surface area contributed by atoms with Crippen LogP contribution in [0.4, 0.5) is 0 Å². The molecular weight excluding hydrogens is 182 g/mol. The maximum atomic E-state index is 11.0. The van der Waals surface area contributed by atoms with E-state index < -0.39 is 0 Å². The number of hydrogen-bond acceptors (Lipinski definition) is 3. The van der Waals surface area contributed by atoms with E-state index in [9.17, 15) is 9.59 Å². The van der Waals surface area contributed by atoms with E-state index in [0.29, 0.717) is 13.0 Å². The van der Waals surface area contributed by atoms with Crippen molar-refractivity contribution >= 4 is 11.7 Å². The number of hydrogen-bond donors (Lipinski definition) is 2. The Bertz CT molecular complexity index is 306. The molecule has 0 unspecified atom stereocenters. The zero-order valence-electron chi connectivity index (χ0n) is 8.04. The summed E-state index contributed by atoms with van der Waals surface area (Å²) in [6, 6.07) is 0. The van der Waals surface area contributed by atoms with E-state index in [4.69, 9.17) is 0 Å². The van der Waals surface area contributed by atoms with Crippen LogP contribution in [0, 0.1) is 0 Å². The smallest absolute Gasteiger partial charge is 0.227 e. The number of ketones is 1. The van der Waals surface area contributed by atoms with Crippen molar-refractivity contribution in [1.82, 2.24) is 15.3 Å². The van der Waals surface area contributed by atoms with E-state index in [1.165, 1.54) is 6.92 Å². The van der Waals surface area contributed by atoms with Gasteiger partial charge in [0.2, 0.25) is 5.91 Å². The molecule has 0 atom stereocenters. The SMILES string of the molecule is CC(=O)CC(=O)NCCc1ncc[nH]1. The van der Waals surface area contributed by atoms with Crippen LogP contribution in [0.2, 0.25) is 0 Å². The number of amides is 1. The number of H-pyrrole nitrogens is 1. The van der Waals surface area contributed by atoms with Gasteiger partial charge in [0.05, 0.1) is 6.42 Å². The van der Waals surface area contributed by atoms with Crippen LogP contribution in [0.25, 0.3) is 0 Å². The van der Waals surface area contributed by atoms with Crippen molar-refractivity contribution in [3.8, 4) is 0 Å². The number of aromatic amines is 1. The van der Waals surface area contributed by atoms with Gasteiger partial charge in [0.25, 0.3) is 0 Å². The highest BCUT2D eigenvalue weighted by molar-refractivity contribution is 5.96. The summed E-state index contributed by atoms with van der Waals surface area (Å²) in [7, 11) is 0. The lowest BCUT2D eigenvalue weighted by Crippen LogP contribution is -2.27. The molecule has 0 aliphatic heterocycles. The van der Waals surface area contributed by atoms with Crippen molar-refractivity contribution in [2.45, 2.75) is 19.8 Å². The predicted molar refractivity (Wildman–Crippen MR) is 50.6 cm³/mol. The Morgan fingerprint density at radius 1 is 1.57 bits per heavy atom. The molecule has 0 saturated heterocycles. The van der Waals surface area contributed by atoms with Crippen LogP contribution >= 0.6 is 0 Å². The Balaban J connectivity index is 2.15. The van der Waals surface area contributed by atoms with E-state index in [1.807, 2.05) is 0 Å². The monoisotopic (exact) mass is 195 g/mol. The molecule has 0 aliphatic rings. The molecule has 0 saturated carbocycles. The van der Waals surface area contributed by atoms with Gasteiger partial charge < -0.3 is 10.3 Å². The van der Waals surface area contributed by atoms with Crippen LogP contribution in [0.1, 0.15) is 19.2 Å². The highest BCUT2D eigenvalue weighted by Crippen LogP contribution is 1.88. The molecule has 1 aromatic rings. The zero-order chi connectivity index (χ0) is 10.4. The number of aromatic nitrogens is 2. The molecule has 0 fully saturated rings. The first-order valence-corrected chi connectivity index (χ1v) is 4.43. The van der Waals surface area contributed by atoms with Crippen LogP contribution in [0.5, 0.6) is 0 Å².